The number of amides is 1. The third-order valence-corrected chi connectivity index (χ3v) is 5.85. The lowest BCUT2D eigenvalue weighted by molar-refractivity contribution is -0.128. The zero-order chi connectivity index (χ0) is 21.2. The minimum absolute atomic E-state index is 0.00534. The highest BCUT2D eigenvalue weighted by molar-refractivity contribution is 7.17. The van der Waals surface area contributed by atoms with Crippen molar-refractivity contribution >= 4 is 28.2 Å². The van der Waals surface area contributed by atoms with Gasteiger partial charge in [0.25, 0.3) is 0 Å². The van der Waals surface area contributed by atoms with Crippen molar-refractivity contribution in [3.8, 4) is 11.8 Å². The summed E-state index contributed by atoms with van der Waals surface area (Å²) in [5, 5.41) is 30.2. The number of hydrogen-bond acceptors (Lipinski definition) is 5. The van der Waals surface area contributed by atoms with Gasteiger partial charge in [-0.2, -0.15) is 0 Å². The van der Waals surface area contributed by atoms with Crippen LogP contribution in [0.5, 0.6) is 0 Å². The SMILES string of the molecule is CC(C)N(C(=O)[C@@H]1CC[C@@H](C)C[C@@H]1O)c1sc(C#CC(C)(C)O)cc1C(=O)O. The van der Waals surface area contributed by atoms with E-state index in [9.17, 15) is 24.9 Å². The monoisotopic (exact) mass is 407 g/mol. The standard InChI is InChI=1S/C21H29NO5S/c1-12(2)22(18(24)15-7-6-13(3)10-17(15)23)19-16(20(25)26)11-14(28-19)8-9-21(4,5)27/h11-13,15,17,23,27H,6-7,10H2,1-5H3,(H,25,26)/t13-,15-,17+/m1/s1. The Morgan fingerprint density at radius 2 is 1.96 bits per heavy atom. The Labute approximate surface area is 170 Å². The van der Waals surface area contributed by atoms with Gasteiger partial charge in [-0.05, 0) is 58.9 Å². The number of carbonyl (C=O) groups excluding carboxylic acids is 1. The minimum atomic E-state index is -1.20. The number of carboxylic acid groups (broad SMARTS) is 1. The predicted molar refractivity (Wildman–Crippen MR) is 110 cm³/mol. The fourth-order valence-electron chi connectivity index (χ4n) is 3.40. The van der Waals surface area contributed by atoms with Gasteiger partial charge in [0, 0.05) is 6.04 Å². The van der Waals surface area contributed by atoms with E-state index in [0.717, 1.165) is 17.8 Å². The first kappa shape index (κ1) is 22.4. The van der Waals surface area contributed by atoms with Crippen molar-refractivity contribution in [3.63, 3.8) is 0 Å². The van der Waals surface area contributed by atoms with Crippen LogP contribution < -0.4 is 4.90 Å². The largest absolute Gasteiger partial charge is 0.478 e. The van der Waals surface area contributed by atoms with Crippen molar-refractivity contribution in [2.75, 3.05) is 4.90 Å². The molecule has 2 rings (SSSR count). The Morgan fingerprint density at radius 1 is 1.32 bits per heavy atom. The molecule has 6 nitrogen and oxygen atoms in total. The van der Waals surface area contributed by atoms with Crippen LogP contribution >= 0.6 is 11.3 Å². The molecule has 154 valence electrons. The highest BCUT2D eigenvalue weighted by Gasteiger charge is 2.38. The van der Waals surface area contributed by atoms with Gasteiger partial charge in [0.1, 0.15) is 10.6 Å². The Hall–Kier alpha value is -1.88. The lowest BCUT2D eigenvalue weighted by Crippen LogP contribution is -2.46. The molecule has 1 aromatic heterocycles. The second kappa shape index (κ2) is 8.64. The molecule has 3 N–H and O–H groups in total. The first-order chi connectivity index (χ1) is 12.9. The summed E-state index contributed by atoms with van der Waals surface area (Å²) in [7, 11) is 0. The van der Waals surface area contributed by atoms with Gasteiger partial charge in [-0.3, -0.25) is 4.79 Å². The van der Waals surface area contributed by atoms with Crippen LogP contribution in [0, 0.1) is 23.7 Å². The molecule has 3 atom stereocenters. The number of rotatable bonds is 4. The quantitative estimate of drug-likeness (QED) is 0.666. The molecule has 7 heteroatoms. The number of carboxylic acids is 1. The van der Waals surface area contributed by atoms with Gasteiger partial charge in [-0.15, -0.1) is 11.3 Å². The molecule has 0 spiro atoms. The number of aliphatic hydroxyl groups is 2. The molecule has 1 aromatic rings. The summed E-state index contributed by atoms with van der Waals surface area (Å²) in [6, 6.07) is 1.16. The summed E-state index contributed by atoms with van der Waals surface area (Å²) < 4.78 is 0. The first-order valence-corrected chi connectivity index (χ1v) is 10.4. The van der Waals surface area contributed by atoms with E-state index < -0.39 is 23.6 Å². The molecular weight excluding hydrogens is 378 g/mol. The molecule has 1 aliphatic rings. The maximum Gasteiger partial charge on any atom is 0.338 e. The van der Waals surface area contributed by atoms with Crippen molar-refractivity contribution in [3.05, 3.63) is 16.5 Å². The van der Waals surface area contributed by atoms with Crippen LogP contribution in [0.15, 0.2) is 6.07 Å². The summed E-state index contributed by atoms with van der Waals surface area (Å²) >= 11 is 1.12. The summed E-state index contributed by atoms with van der Waals surface area (Å²) in [6.07, 6.45) is 1.29. The molecule has 0 aliphatic heterocycles. The molecule has 1 amide bonds. The summed E-state index contributed by atoms with van der Waals surface area (Å²) in [4.78, 5) is 27.0. The number of carbonyl (C=O) groups is 2. The van der Waals surface area contributed by atoms with E-state index >= 15 is 0 Å². The van der Waals surface area contributed by atoms with E-state index in [1.807, 2.05) is 13.8 Å². The van der Waals surface area contributed by atoms with Crippen molar-refractivity contribution in [1.29, 1.82) is 0 Å². The highest BCUT2D eigenvalue weighted by Crippen LogP contribution is 2.37. The Bertz CT molecular complexity index is 796. The van der Waals surface area contributed by atoms with Crippen LogP contribution in [0.4, 0.5) is 5.00 Å². The summed E-state index contributed by atoms with van der Waals surface area (Å²) in [5.41, 5.74) is -1.20. The fourth-order valence-corrected chi connectivity index (χ4v) is 4.54. The summed E-state index contributed by atoms with van der Waals surface area (Å²) in [6.45, 7) is 8.79. The second-order valence-corrected chi connectivity index (χ2v) is 9.37. The average Bonchev–Trinajstić information content (AvgIpc) is 2.96. The van der Waals surface area contributed by atoms with Crippen LogP contribution in [-0.4, -0.2) is 44.9 Å². The predicted octanol–water partition coefficient (Wildman–Crippen LogP) is 3.11. The van der Waals surface area contributed by atoms with Crippen LogP contribution in [0.1, 0.15) is 69.1 Å². The van der Waals surface area contributed by atoms with Crippen molar-refractivity contribution in [2.45, 2.75) is 71.6 Å². The van der Waals surface area contributed by atoms with Crippen LogP contribution in [-0.2, 0) is 4.79 Å². The molecule has 28 heavy (non-hydrogen) atoms. The molecule has 0 radical (unpaired) electrons. The van der Waals surface area contributed by atoms with E-state index in [-0.39, 0.29) is 17.5 Å². The maximum absolute atomic E-state index is 13.3. The Balaban J connectivity index is 2.44. The van der Waals surface area contributed by atoms with Crippen LogP contribution in [0.25, 0.3) is 0 Å². The van der Waals surface area contributed by atoms with Gasteiger partial charge < -0.3 is 20.2 Å². The lowest BCUT2D eigenvalue weighted by atomic mass is 9.80. The third-order valence-electron chi connectivity index (χ3n) is 4.80. The molecule has 1 aliphatic carbocycles. The van der Waals surface area contributed by atoms with Crippen molar-refractivity contribution < 1.29 is 24.9 Å². The van der Waals surface area contributed by atoms with E-state index in [0.29, 0.717) is 28.6 Å². The Kier molecular flexibility index (Phi) is 6.92. The van der Waals surface area contributed by atoms with Gasteiger partial charge in [0.2, 0.25) is 5.91 Å². The van der Waals surface area contributed by atoms with Crippen LogP contribution in [0.2, 0.25) is 0 Å². The van der Waals surface area contributed by atoms with E-state index in [2.05, 4.69) is 18.8 Å². The molecule has 1 saturated carbocycles. The van der Waals surface area contributed by atoms with E-state index in [1.54, 1.807) is 13.8 Å². The summed E-state index contributed by atoms with van der Waals surface area (Å²) in [5.74, 6) is 3.91. The Morgan fingerprint density at radius 3 is 2.46 bits per heavy atom. The van der Waals surface area contributed by atoms with Crippen molar-refractivity contribution in [2.24, 2.45) is 11.8 Å². The average molecular weight is 408 g/mol. The molecule has 0 bridgehead atoms. The lowest BCUT2D eigenvalue weighted by Gasteiger charge is -2.35. The molecule has 1 heterocycles. The smallest absolute Gasteiger partial charge is 0.338 e. The van der Waals surface area contributed by atoms with Gasteiger partial charge in [-0.1, -0.05) is 18.8 Å². The zero-order valence-corrected chi connectivity index (χ0v) is 17.8. The minimum Gasteiger partial charge on any atom is -0.478 e. The van der Waals surface area contributed by atoms with E-state index in [1.165, 1.54) is 11.0 Å². The van der Waals surface area contributed by atoms with Gasteiger partial charge in [0.05, 0.1) is 22.5 Å². The first-order valence-electron chi connectivity index (χ1n) is 9.54. The van der Waals surface area contributed by atoms with Crippen LogP contribution in [0.3, 0.4) is 0 Å². The number of thiophene rings is 1. The molecule has 0 aromatic carbocycles. The maximum atomic E-state index is 13.3. The number of aromatic carboxylic acids is 1. The van der Waals surface area contributed by atoms with Crippen molar-refractivity contribution in [1.82, 2.24) is 0 Å². The second-order valence-electron chi connectivity index (χ2n) is 8.34. The topological polar surface area (TPSA) is 98.1 Å². The molecular formula is C21H29NO5S. The number of aliphatic hydroxyl groups excluding tert-OH is 1. The van der Waals surface area contributed by atoms with Gasteiger partial charge in [-0.25, -0.2) is 4.79 Å². The molecule has 0 saturated heterocycles. The van der Waals surface area contributed by atoms with Gasteiger partial charge >= 0.3 is 5.97 Å². The highest BCUT2D eigenvalue weighted by atomic mass is 32.1. The normalized spacial score (nSPS) is 22.5. The number of nitrogens with zero attached hydrogens (tertiary/aromatic N) is 1. The molecule has 0 unspecified atom stereocenters. The number of hydrogen-bond donors (Lipinski definition) is 3. The zero-order valence-electron chi connectivity index (χ0n) is 17.0. The van der Waals surface area contributed by atoms with E-state index in [4.69, 9.17) is 0 Å². The third kappa shape index (κ3) is 5.34. The number of anilines is 1. The van der Waals surface area contributed by atoms with Gasteiger partial charge in [0.15, 0.2) is 0 Å². The molecule has 1 fully saturated rings. The fraction of sp³-hybridized carbons (Fsp3) is 0.619.